The Balaban J connectivity index is 1.91. The largest absolute Gasteiger partial charge is 0.457 e. The maximum Gasteiger partial charge on any atom is 0.255 e. The van der Waals surface area contributed by atoms with Crippen molar-refractivity contribution in [2.24, 2.45) is 5.41 Å². The third-order valence-corrected chi connectivity index (χ3v) is 3.96. The molecule has 1 amide bonds. The van der Waals surface area contributed by atoms with Gasteiger partial charge in [-0.05, 0) is 40.3 Å². The van der Waals surface area contributed by atoms with Crippen LogP contribution >= 0.6 is 15.9 Å². The van der Waals surface area contributed by atoms with Crippen LogP contribution in [0.4, 0.5) is 0 Å². The van der Waals surface area contributed by atoms with Gasteiger partial charge >= 0.3 is 0 Å². The molecule has 0 atom stereocenters. The lowest BCUT2D eigenvalue weighted by Gasteiger charge is -2.23. The van der Waals surface area contributed by atoms with Crippen LogP contribution in [0.5, 0.6) is 0 Å². The second kappa shape index (κ2) is 4.62. The lowest BCUT2D eigenvalue weighted by Crippen LogP contribution is -2.34. The van der Waals surface area contributed by atoms with Crippen LogP contribution in [0.2, 0.25) is 0 Å². The molecule has 1 saturated carbocycles. The highest BCUT2D eigenvalue weighted by Crippen LogP contribution is 2.36. The van der Waals surface area contributed by atoms with Crippen LogP contribution in [0.3, 0.4) is 0 Å². The Morgan fingerprint density at radius 3 is 2.81 bits per heavy atom. The number of hydrogen-bond donors (Lipinski definition) is 1. The topological polar surface area (TPSA) is 42.2 Å². The average Bonchev–Trinajstić information content (AvgIpc) is 2.85. The lowest BCUT2D eigenvalue weighted by molar-refractivity contribution is 0.0932. The van der Waals surface area contributed by atoms with Gasteiger partial charge in [-0.3, -0.25) is 4.79 Å². The highest BCUT2D eigenvalue weighted by molar-refractivity contribution is 9.10. The van der Waals surface area contributed by atoms with E-state index in [-0.39, 0.29) is 11.3 Å². The van der Waals surface area contributed by atoms with Crippen molar-refractivity contribution >= 4 is 21.8 Å². The number of furan rings is 1. The Bertz CT molecular complexity index is 380. The Morgan fingerprint density at radius 1 is 1.56 bits per heavy atom. The van der Waals surface area contributed by atoms with Gasteiger partial charge in [0, 0.05) is 6.54 Å². The van der Waals surface area contributed by atoms with Crippen molar-refractivity contribution in [1.29, 1.82) is 0 Å². The number of rotatable bonds is 3. The zero-order chi connectivity index (χ0) is 11.6. The Kier molecular flexibility index (Phi) is 3.38. The fourth-order valence-corrected chi connectivity index (χ4v) is 2.67. The van der Waals surface area contributed by atoms with Crippen LogP contribution in [-0.4, -0.2) is 12.5 Å². The molecule has 3 nitrogen and oxygen atoms in total. The van der Waals surface area contributed by atoms with Crippen molar-refractivity contribution in [1.82, 2.24) is 5.32 Å². The van der Waals surface area contributed by atoms with E-state index in [0.717, 1.165) is 6.54 Å². The van der Waals surface area contributed by atoms with Gasteiger partial charge in [-0.1, -0.05) is 19.8 Å². The van der Waals surface area contributed by atoms with Crippen molar-refractivity contribution in [3.8, 4) is 0 Å². The van der Waals surface area contributed by atoms with E-state index in [1.165, 1.54) is 31.9 Å². The SMILES string of the molecule is CC1(CNC(=O)c2ccoc2Br)CCCC1. The van der Waals surface area contributed by atoms with Gasteiger partial charge in [-0.25, -0.2) is 0 Å². The van der Waals surface area contributed by atoms with Gasteiger partial charge in [0.2, 0.25) is 0 Å². The minimum atomic E-state index is -0.0613. The molecule has 0 aromatic carbocycles. The monoisotopic (exact) mass is 285 g/mol. The van der Waals surface area contributed by atoms with Crippen LogP contribution in [0.15, 0.2) is 21.4 Å². The first-order valence-electron chi connectivity index (χ1n) is 5.62. The van der Waals surface area contributed by atoms with E-state index >= 15 is 0 Å². The summed E-state index contributed by atoms with van der Waals surface area (Å²) in [6.07, 6.45) is 6.49. The zero-order valence-electron chi connectivity index (χ0n) is 9.38. The molecular weight excluding hydrogens is 270 g/mol. The van der Waals surface area contributed by atoms with Crippen molar-refractivity contribution in [2.45, 2.75) is 32.6 Å². The molecular formula is C12H16BrNO2. The number of carbonyl (C=O) groups is 1. The summed E-state index contributed by atoms with van der Waals surface area (Å²) in [5.74, 6) is -0.0613. The minimum absolute atomic E-state index is 0.0613. The van der Waals surface area contributed by atoms with E-state index in [1.54, 1.807) is 6.07 Å². The molecule has 1 N–H and O–H groups in total. The predicted octanol–water partition coefficient (Wildman–Crippen LogP) is 3.35. The van der Waals surface area contributed by atoms with Crippen LogP contribution in [0.1, 0.15) is 43.0 Å². The van der Waals surface area contributed by atoms with Crippen LogP contribution in [0, 0.1) is 5.41 Å². The highest BCUT2D eigenvalue weighted by Gasteiger charge is 2.29. The van der Waals surface area contributed by atoms with E-state index < -0.39 is 0 Å². The number of hydrogen-bond acceptors (Lipinski definition) is 2. The van der Waals surface area contributed by atoms with E-state index in [9.17, 15) is 4.79 Å². The Morgan fingerprint density at radius 2 is 2.25 bits per heavy atom. The quantitative estimate of drug-likeness (QED) is 0.925. The molecule has 0 radical (unpaired) electrons. The molecule has 16 heavy (non-hydrogen) atoms. The summed E-state index contributed by atoms with van der Waals surface area (Å²) >= 11 is 3.21. The molecule has 1 fully saturated rings. The van der Waals surface area contributed by atoms with E-state index in [1.807, 2.05) is 0 Å². The second-order valence-corrected chi connectivity index (χ2v) is 5.53. The van der Waals surface area contributed by atoms with Crippen molar-refractivity contribution in [3.05, 3.63) is 22.6 Å². The van der Waals surface area contributed by atoms with Crippen molar-refractivity contribution in [3.63, 3.8) is 0 Å². The molecule has 1 aromatic heterocycles. The number of nitrogens with one attached hydrogen (secondary N) is 1. The van der Waals surface area contributed by atoms with Gasteiger partial charge < -0.3 is 9.73 Å². The zero-order valence-corrected chi connectivity index (χ0v) is 11.0. The molecule has 1 aliphatic carbocycles. The molecule has 2 rings (SSSR count). The van der Waals surface area contributed by atoms with E-state index in [4.69, 9.17) is 4.42 Å². The maximum absolute atomic E-state index is 11.8. The first-order valence-corrected chi connectivity index (χ1v) is 6.41. The Labute approximate surface area is 104 Å². The summed E-state index contributed by atoms with van der Waals surface area (Å²) in [5.41, 5.74) is 0.855. The molecule has 88 valence electrons. The maximum atomic E-state index is 11.8. The first-order chi connectivity index (χ1) is 7.61. The summed E-state index contributed by atoms with van der Waals surface area (Å²) < 4.78 is 5.54. The summed E-state index contributed by atoms with van der Waals surface area (Å²) in [4.78, 5) is 11.8. The molecule has 0 unspecified atom stereocenters. The van der Waals surface area contributed by atoms with Crippen LogP contribution in [0.25, 0.3) is 0 Å². The number of amides is 1. The molecule has 0 saturated heterocycles. The summed E-state index contributed by atoms with van der Waals surface area (Å²) in [6.45, 7) is 2.99. The molecule has 1 aromatic rings. The predicted molar refractivity (Wildman–Crippen MR) is 65.3 cm³/mol. The van der Waals surface area contributed by atoms with Crippen molar-refractivity contribution in [2.75, 3.05) is 6.54 Å². The van der Waals surface area contributed by atoms with Crippen LogP contribution in [-0.2, 0) is 0 Å². The summed E-state index contributed by atoms with van der Waals surface area (Å²) in [7, 11) is 0. The minimum Gasteiger partial charge on any atom is -0.457 e. The number of carbonyl (C=O) groups excluding carboxylic acids is 1. The molecule has 4 heteroatoms. The molecule has 1 aliphatic rings. The lowest BCUT2D eigenvalue weighted by atomic mass is 9.89. The summed E-state index contributed by atoms with van der Waals surface area (Å²) in [5, 5.41) is 2.98. The fraction of sp³-hybridized carbons (Fsp3) is 0.583. The number of halogens is 1. The highest BCUT2D eigenvalue weighted by atomic mass is 79.9. The fourth-order valence-electron chi connectivity index (χ4n) is 2.25. The van der Waals surface area contributed by atoms with Gasteiger partial charge in [0.1, 0.15) is 0 Å². The standard InChI is InChI=1S/C12H16BrNO2/c1-12(5-2-3-6-12)8-14-11(15)9-4-7-16-10(9)13/h4,7H,2-3,5-6,8H2,1H3,(H,14,15). The second-order valence-electron chi connectivity index (χ2n) is 4.81. The molecule has 0 bridgehead atoms. The van der Waals surface area contributed by atoms with Gasteiger partial charge in [-0.2, -0.15) is 0 Å². The smallest absolute Gasteiger partial charge is 0.255 e. The average molecular weight is 286 g/mol. The third kappa shape index (κ3) is 2.48. The van der Waals surface area contributed by atoms with Gasteiger partial charge in [0.05, 0.1) is 11.8 Å². The molecule has 1 heterocycles. The van der Waals surface area contributed by atoms with E-state index in [0.29, 0.717) is 10.2 Å². The van der Waals surface area contributed by atoms with Crippen LogP contribution < -0.4 is 5.32 Å². The van der Waals surface area contributed by atoms with E-state index in [2.05, 4.69) is 28.2 Å². The van der Waals surface area contributed by atoms with Gasteiger partial charge in [0.15, 0.2) is 4.67 Å². The normalized spacial score (nSPS) is 18.6. The van der Waals surface area contributed by atoms with Gasteiger partial charge in [-0.15, -0.1) is 0 Å². The summed E-state index contributed by atoms with van der Waals surface area (Å²) in [6, 6.07) is 1.68. The third-order valence-electron chi connectivity index (χ3n) is 3.35. The first kappa shape index (κ1) is 11.7. The Hall–Kier alpha value is -0.770. The molecule has 0 spiro atoms. The van der Waals surface area contributed by atoms with Crippen molar-refractivity contribution < 1.29 is 9.21 Å². The van der Waals surface area contributed by atoms with Gasteiger partial charge in [0.25, 0.3) is 5.91 Å². The molecule has 0 aliphatic heterocycles.